The molecule has 0 bridgehead atoms. The molecule has 0 saturated heterocycles. The minimum atomic E-state index is 0.397. The Balaban J connectivity index is 3.40. The summed E-state index contributed by atoms with van der Waals surface area (Å²) in [7, 11) is 0. The first-order valence-corrected chi connectivity index (χ1v) is 5.28. The summed E-state index contributed by atoms with van der Waals surface area (Å²) < 4.78 is 0. The monoisotopic (exact) mass is 185 g/mol. The summed E-state index contributed by atoms with van der Waals surface area (Å²) in [4.78, 5) is 11.3. The van der Waals surface area contributed by atoms with E-state index in [-0.39, 0.29) is 0 Å². The van der Waals surface area contributed by atoms with E-state index in [1.165, 1.54) is 0 Å². The van der Waals surface area contributed by atoms with Crippen LogP contribution in [0.4, 0.5) is 0 Å². The smallest absolute Gasteiger partial charge is 0.132 e. The van der Waals surface area contributed by atoms with Crippen LogP contribution < -0.4 is 5.73 Å². The van der Waals surface area contributed by atoms with Crippen LogP contribution in [0.25, 0.3) is 0 Å². The Kier molecular flexibility index (Phi) is 6.87. The third-order valence-corrected chi connectivity index (χ3v) is 2.32. The van der Waals surface area contributed by atoms with Gasteiger partial charge in [-0.05, 0) is 31.2 Å². The minimum absolute atomic E-state index is 0.397. The molecule has 1 unspecified atom stereocenters. The third-order valence-electron chi connectivity index (χ3n) is 2.32. The summed E-state index contributed by atoms with van der Waals surface area (Å²) in [6, 6.07) is 0. The van der Waals surface area contributed by atoms with Crippen molar-refractivity contribution < 1.29 is 4.79 Å². The topological polar surface area (TPSA) is 43.1 Å². The fraction of sp³-hybridized carbons (Fsp3) is 0.909. The highest BCUT2D eigenvalue weighted by atomic mass is 16.1. The number of rotatable bonds is 7. The van der Waals surface area contributed by atoms with E-state index in [1.54, 1.807) is 0 Å². The lowest BCUT2D eigenvalue weighted by Crippen LogP contribution is -2.12. The maximum atomic E-state index is 11.3. The van der Waals surface area contributed by atoms with Crippen molar-refractivity contribution in [3.8, 4) is 0 Å². The molecule has 0 aliphatic carbocycles. The molecule has 0 aromatic heterocycles. The molecule has 13 heavy (non-hydrogen) atoms. The van der Waals surface area contributed by atoms with Crippen LogP contribution in [-0.4, -0.2) is 12.3 Å². The molecule has 0 amide bonds. The van der Waals surface area contributed by atoms with E-state index >= 15 is 0 Å². The van der Waals surface area contributed by atoms with Crippen molar-refractivity contribution in [2.24, 2.45) is 17.6 Å². The van der Waals surface area contributed by atoms with Crippen LogP contribution >= 0.6 is 0 Å². The summed E-state index contributed by atoms with van der Waals surface area (Å²) in [5.74, 6) is 1.52. The number of Topliss-reactive ketones (excluding diaryl/α,β-unsaturated/α-hetero) is 1. The number of hydrogen-bond acceptors (Lipinski definition) is 2. The molecule has 0 aliphatic heterocycles. The van der Waals surface area contributed by atoms with E-state index in [4.69, 9.17) is 5.73 Å². The number of ketones is 1. The van der Waals surface area contributed by atoms with Crippen molar-refractivity contribution >= 4 is 5.78 Å². The number of carbonyl (C=O) groups excluding carboxylic acids is 1. The van der Waals surface area contributed by atoms with Gasteiger partial charge in [0, 0.05) is 12.8 Å². The van der Waals surface area contributed by atoms with Crippen molar-refractivity contribution in [2.75, 3.05) is 6.54 Å². The zero-order valence-corrected chi connectivity index (χ0v) is 9.18. The Morgan fingerprint density at radius 3 is 2.15 bits per heavy atom. The lowest BCUT2D eigenvalue weighted by molar-refractivity contribution is -0.119. The molecule has 2 nitrogen and oxygen atoms in total. The molecule has 0 spiro atoms. The first-order valence-electron chi connectivity index (χ1n) is 5.28. The summed E-state index contributed by atoms with van der Waals surface area (Å²) in [6.45, 7) is 7.08. The molecular formula is C11H23NO. The summed E-state index contributed by atoms with van der Waals surface area (Å²) in [6.07, 6.45) is 3.43. The maximum absolute atomic E-state index is 11.3. The molecule has 0 aromatic carbocycles. The second-order valence-electron chi connectivity index (χ2n) is 4.35. The molecule has 2 N–H and O–H groups in total. The van der Waals surface area contributed by atoms with Gasteiger partial charge in [0.25, 0.3) is 0 Å². The zero-order valence-electron chi connectivity index (χ0n) is 9.18. The summed E-state index contributed by atoms with van der Waals surface area (Å²) >= 11 is 0. The number of carbonyl (C=O) groups is 1. The van der Waals surface area contributed by atoms with Gasteiger partial charge < -0.3 is 5.73 Å². The second-order valence-corrected chi connectivity index (χ2v) is 4.35. The van der Waals surface area contributed by atoms with Gasteiger partial charge in [0.2, 0.25) is 0 Å². The van der Waals surface area contributed by atoms with Gasteiger partial charge >= 0.3 is 0 Å². The number of hydrogen-bond donors (Lipinski definition) is 1. The predicted molar refractivity (Wildman–Crippen MR) is 56.5 cm³/mol. The first-order chi connectivity index (χ1) is 6.06. The first kappa shape index (κ1) is 12.6. The van der Waals surface area contributed by atoms with E-state index < -0.39 is 0 Å². The van der Waals surface area contributed by atoms with Gasteiger partial charge in [-0.1, -0.05) is 20.8 Å². The van der Waals surface area contributed by atoms with E-state index in [0.717, 1.165) is 19.3 Å². The molecular weight excluding hydrogens is 162 g/mol. The molecule has 1 atom stereocenters. The van der Waals surface area contributed by atoms with Gasteiger partial charge in [-0.3, -0.25) is 4.79 Å². The lowest BCUT2D eigenvalue weighted by atomic mass is 9.99. The van der Waals surface area contributed by atoms with E-state index in [1.807, 2.05) is 0 Å². The van der Waals surface area contributed by atoms with Crippen LogP contribution in [0.2, 0.25) is 0 Å². The molecule has 0 aromatic rings. The van der Waals surface area contributed by atoms with Crippen molar-refractivity contribution in [2.45, 2.75) is 46.5 Å². The van der Waals surface area contributed by atoms with Crippen molar-refractivity contribution in [1.82, 2.24) is 0 Å². The highest BCUT2D eigenvalue weighted by Gasteiger charge is 2.06. The van der Waals surface area contributed by atoms with Gasteiger partial charge in [-0.2, -0.15) is 0 Å². The molecule has 2 heteroatoms. The normalized spacial score (nSPS) is 13.3. The molecule has 0 rings (SSSR count). The fourth-order valence-corrected chi connectivity index (χ4v) is 1.10. The van der Waals surface area contributed by atoms with E-state index in [0.29, 0.717) is 30.6 Å². The highest BCUT2D eigenvalue weighted by Crippen LogP contribution is 2.09. The molecule has 78 valence electrons. The largest absolute Gasteiger partial charge is 0.330 e. The summed E-state index contributed by atoms with van der Waals surface area (Å²) in [5, 5.41) is 0. The van der Waals surface area contributed by atoms with Crippen LogP contribution in [0.5, 0.6) is 0 Å². The standard InChI is InChI=1S/C11H23NO/c1-9(2)4-6-11(13)7-5-10(3)8-12/h9-10H,4-8,12H2,1-3H3. The highest BCUT2D eigenvalue weighted by molar-refractivity contribution is 5.78. The quantitative estimate of drug-likeness (QED) is 0.661. The van der Waals surface area contributed by atoms with Gasteiger partial charge in [-0.25, -0.2) is 0 Å². The average Bonchev–Trinajstić information content (AvgIpc) is 2.10. The van der Waals surface area contributed by atoms with Crippen LogP contribution in [0.3, 0.4) is 0 Å². The molecule has 0 radical (unpaired) electrons. The average molecular weight is 185 g/mol. The fourth-order valence-electron chi connectivity index (χ4n) is 1.10. The Labute approximate surface area is 81.9 Å². The van der Waals surface area contributed by atoms with Crippen LogP contribution in [0.15, 0.2) is 0 Å². The van der Waals surface area contributed by atoms with E-state index in [9.17, 15) is 4.79 Å². The SMILES string of the molecule is CC(C)CCC(=O)CCC(C)CN. The predicted octanol–water partition coefficient (Wildman–Crippen LogP) is 2.37. The van der Waals surface area contributed by atoms with Crippen LogP contribution in [-0.2, 0) is 4.79 Å². The summed E-state index contributed by atoms with van der Waals surface area (Å²) in [5.41, 5.74) is 5.47. The Morgan fingerprint density at radius 1 is 1.15 bits per heavy atom. The molecule has 0 aliphatic rings. The third kappa shape index (κ3) is 7.97. The van der Waals surface area contributed by atoms with Gasteiger partial charge in [0.1, 0.15) is 5.78 Å². The van der Waals surface area contributed by atoms with Gasteiger partial charge in [0.05, 0.1) is 0 Å². The maximum Gasteiger partial charge on any atom is 0.132 e. The Hall–Kier alpha value is -0.370. The van der Waals surface area contributed by atoms with Crippen molar-refractivity contribution in [3.63, 3.8) is 0 Å². The number of nitrogens with two attached hydrogens (primary N) is 1. The van der Waals surface area contributed by atoms with Gasteiger partial charge in [-0.15, -0.1) is 0 Å². The Bertz CT molecular complexity index is 143. The van der Waals surface area contributed by atoms with Crippen LogP contribution in [0.1, 0.15) is 46.5 Å². The lowest BCUT2D eigenvalue weighted by Gasteiger charge is -2.07. The molecule has 0 heterocycles. The zero-order chi connectivity index (χ0) is 10.3. The minimum Gasteiger partial charge on any atom is -0.330 e. The van der Waals surface area contributed by atoms with Crippen LogP contribution in [0, 0.1) is 11.8 Å². The van der Waals surface area contributed by atoms with E-state index in [2.05, 4.69) is 20.8 Å². The van der Waals surface area contributed by atoms with Crippen molar-refractivity contribution in [3.05, 3.63) is 0 Å². The molecule has 0 saturated carbocycles. The molecule has 0 fully saturated rings. The van der Waals surface area contributed by atoms with Gasteiger partial charge in [0.15, 0.2) is 0 Å². The Morgan fingerprint density at radius 2 is 1.69 bits per heavy atom. The van der Waals surface area contributed by atoms with Crippen molar-refractivity contribution in [1.29, 1.82) is 0 Å². The second kappa shape index (κ2) is 7.07.